The largest absolute Gasteiger partial charge is 0.435 e. The van der Waals surface area contributed by atoms with Crippen molar-refractivity contribution < 1.29 is 9.53 Å². The summed E-state index contributed by atoms with van der Waals surface area (Å²) in [5.74, 6) is -0.329. The number of nitrogens with two attached hydrogens (primary N) is 1. The van der Waals surface area contributed by atoms with Crippen LogP contribution in [-0.4, -0.2) is 12.5 Å². The Morgan fingerprint density at radius 3 is 2.00 bits per heavy atom. The number of carbonyl (C=O) groups excluding carboxylic acids is 1. The molecule has 0 radical (unpaired) electrons. The van der Waals surface area contributed by atoms with Gasteiger partial charge in [-0.15, -0.1) is 19.0 Å². The molecule has 0 aliphatic carbocycles. The highest BCUT2D eigenvalue weighted by molar-refractivity contribution is 5.85. The fourth-order valence-electron chi connectivity index (χ4n) is 0.117. The zero-order chi connectivity index (χ0) is 8.41. The molecule has 0 heterocycles. The van der Waals surface area contributed by atoms with Crippen molar-refractivity contribution in [1.82, 2.24) is 0 Å². The summed E-state index contributed by atoms with van der Waals surface area (Å²) in [6.07, 6.45) is 2.75. The summed E-state index contributed by atoms with van der Waals surface area (Å²) < 4.78 is 4.17. The quantitative estimate of drug-likeness (QED) is 0.394. The van der Waals surface area contributed by atoms with Gasteiger partial charge in [-0.25, -0.2) is 0 Å². The number of carbonyl (C=O) groups is 1. The highest BCUT2D eigenvalue weighted by Gasteiger charge is 1.79. The molecule has 0 saturated heterocycles. The Morgan fingerprint density at radius 1 is 1.64 bits per heavy atom. The second-order valence-electron chi connectivity index (χ2n) is 1.30. The monoisotopic (exact) mass is 179 g/mol. The highest BCUT2D eigenvalue weighted by Crippen LogP contribution is 1.70. The fourth-order valence-corrected chi connectivity index (χ4v) is 0.117. The van der Waals surface area contributed by atoms with Gasteiger partial charge in [-0.1, -0.05) is 12.7 Å². The molecular weight excluding hydrogens is 166 g/mol. The van der Waals surface area contributed by atoms with Crippen molar-refractivity contribution in [2.45, 2.75) is 6.92 Å². The lowest BCUT2D eigenvalue weighted by molar-refractivity contribution is -0.135. The predicted molar refractivity (Wildman–Crippen MR) is 48.5 cm³/mol. The average molecular weight is 180 g/mol. The summed E-state index contributed by atoms with van der Waals surface area (Å²) in [4.78, 5) is 9.75. The van der Waals surface area contributed by atoms with Crippen LogP contribution in [0.25, 0.3) is 0 Å². The molecule has 11 heavy (non-hydrogen) atoms. The second-order valence-corrected chi connectivity index (χ2v) is 1.30. The summed E-state index contributed by atoms with van der Waals surface area (Å²) in [7, 11) is 0. The number of esters is 1. The first-order chi connectivity index (χ1) is 4.68. The van der Waals surface area contributed by atoms with Gasteiger partial charge in [0, 0.05) is 13.5 Å². The van der Waals surface area contributed by atoms with Crippen molar-refractivity contribution in [2.75, 3.05) is 6.54 Å². The van der Waals surface area contributed by atoms with E-state index in [1.165, 1.54) is 6.92 Å². The van der Waals surface area contributed by atoms with Gasteiger partial charge in [0.15, 0.2) is 0 Å². The van der Waals surface area contributed by atoms with Crippen LogP contribution in [0.3, 0.4) is 0 Å². The van der Waals surface area contributed by atoms with E-state index in [1.54, 1.807) is 6.08 Å². The Kier molecular flexibility index (Phi) is 24.4. The molecular formula is C7H14ClNO2. The maximum absolute atomic E-state index is 9.75. The third-order valence-electron chi connectivity index (χ3n) is 0.416. The molecule has 0 fully saturated rings. The van der Waals surface area contributed by atoms with E-state index in [4.69, 9.17) is 5.73 Å². The smallest absolute Gasteiger partial charge is 0.307 e. The van der Waals surface area contributed by atoms with Gasteiger partial charge < -0.3 is 10.5 Å². The molecule has 0 atom stereocenters. The normalized spacial score (nSPS) is 6.00. The van der Waals surface area contributed by atoms with E-state index in [2.05, 4.69) is 17.9 Å². The van der Waals surface area contributed by atoms with E-state index < -0.39 is 0 Å². The summed E-state index contributed by atoms with van der Waals surface area (Å²) in [5, 5.41) is 0. The molecule has 0 aromatic heterocycles. The van der Waals surface area contributed by atoms with Crippen molar-refractivity contribution in [3.8, 4) is 0 Å². The number of hydrogen-bond acceptors (Lipinski definition) is 3. The fraction of sp³-hybridized carbons (Fsp3) is 0.286. The zero-order valence-electron chi connectivity index (χ0n) is 6.58. The Balaban J connectivity index is -0.000000114. The maximum atomic E-state index is 9.75. The van der Waals surface area contributed by atoms with Crippen molar-refractivity contribution in [2.24, 2.45) is 5.73 Å². The highest BCUT2D eigenvalue weighted by atomic mass is 35.5. The first kappa shape index (κ1) is 16.7. The van der Waals surface area contributed by atoms with Crippen molar-refractivity contribution in [3.05, 3.63) is 25.5 Å². The predicted octanol–water partition coefficient (Wildman–Crippen LogP) is 1.25. The van der Waals surface area contributed by atoms with Gasteiger partial charge in [0.2, 0.25) is 0 Å². The van der Waals surface area contributed by atoms with Crippen LogP contribution >= 0.6 is 12.4 Å². The topological polar surface area (TPSA) is 52.3 Å². The van der Waals surface area contributed by atoms with Gasteiger partial charge >= 0.3 is 5.97 Å². The van der Waals surface area contributed by atoms with E-state index in [0.717, 1.165) is 6.26 Å². The van der Waals surface area contributed by atoms with Gasteiger partial charge in [0.25, 0.3) is 0 Å². The molecule has 0 unspecified atom stereocenters. The van der Waals surface area contributed by atoms with E-state index in [-0.39, 0.29) is 18.4 Å². The molecule has 0 saturated carbocycles. The SMILES string of the molecule is C=CCN.C=COC(C)=O.Cl. The lowest BCUT2D eigenvalue weighted by atomic mass is 10.7. The van der Waals surface area contributed by atoms with Crippen LogP contribution in [0.5, 0.6) is 0 Å². The Bertz CT molecular complexity index is 115. The second kappa shape index (κ2) is 16.1. The Hall–Kier alpha value is -0.800. The number of ether oxygens (including phenoxy) is 1. The van der Waals surface area contributed by atoms with Crippen LogP contribution in [-0.2, 0) is 9.53 Å². The molecule has 0 aromatic carbocycles. The molecule has 66 valence electrons. The summed E-state index contributed by atoms with van der Waals surface area (Å²) in [6.45, 7) is 8.42. The molecule has 0 bridgehead atoms. The van der Waals surface area contributed by atoms with E-state index in [9.17, 15) is 4.79 Å². The van der Waals surface area contributed by atoms with Gasteiger partial charge in [0.05, 0.1) is 6.26 Å². The van der Waals surface area contributed by atoms with Crippen LogP contribution < -0.4 is 5.73 Å². The summed E-state index contributed by atoms with van der Waals surface area (Å²) in [6, 6.07) is 0. The van der Waals surface area contributed by atoms with E-state index >= 15 is 0 Å². The molecule has 0 rings (SSSR count). The van der Waals surface area contributed by atoms with Gasteiger partial charge in [0.1, 0.15) is 0 Å². The van der Waals surface area contributed by atoms with Crippen molar-refractivity contribution >= 4 is 18.4 Å². The van der Waals surface area contributed by atoms with E-state index in [1.807, 2.05) is 0 Å². The van der Waals surface area contributed by atoms with Crippen molar-refractivity contribution in [3.63, 3.8) is 0 Å². The number of hydrogen-bond donors (Lipinski definition) is 1. The first-order valence-electron chi connectivity index (χ1n) is 2.78. The minimum atomic E-state index is -0.329. The lowest BCUT2D eigenvalue weighted by Crippen LogP contribution is -1.90. The lowest BCUT2D eigenvalue weighted by Gasteiger charge is -1.83. The third-order valence-corrected chi connectivity index (χ3v) is 0.416. The molecule has 0 aromatic rings. The number of halogens is 1. The molecule has 0 aliphatic heterocycles. The first-order valence-corrected chi connectivity index (χ1v) is 2.78. The van der Waals surface area contributed by atoms with Crippen LogP contribution in [0, 0.1) is 0 Å². The zero-order valence-corrected chi connectivity index (χ0v) is 7.39. The van der Waals surface area contributed by atoms with Gasteiger partial charge in [-0.2, -0.15) is 0 Å². The van der Waals surface area contributed by atoms with Crippen molar-refractivity contribution in [1.29, 1.82) is 0 Å². The van der Waals surface area contributed by atoms with Gasteiger partial charge in [-0.3, -0.25) is 4.79 Å². The average Bonchev–Trinajstić information content (AvgIpc) is 1.89. The molecule has 2 N–H and O–H groups in total. The standard InChI is InChI=1S/C4H6O2.C3H7N.ClH/c1-3-6-4(2)5;1-2-3-4;/h3H,1H2,2H3;2H,1,3-4H2;1H. The molecule has 4 heteroatoms. The van der Waals surface area contributed by atoms with Crippen LogP contribution in [0.4, 0.5) is 0 Å². The third kappa shape index (κ3) is 46.6. The molecule has 3 nitrogen and oxygen atoms in total. The molecule has 0 spiro atoms. The minimum absolute atomic E-state index is 0. The Morgan fingerprint density at radius 2 is 2.00 bits per heavy atom. The van der Waals surface area contributed by atoms with Crippen LogP contribution in [0.15, 0.2) is 25.5 Å². The Labute approximate surface area is 73.3 Å². The minimum Gasteiger partial charge on any atom is -0.435 e. The van der Waals surface area contributed by atoms with Crippen LogP contribution in [0.1, 0.15) is 6.92 Å². The molecule has 0 amide bonds. The summed E-state index contributed by atoms with van der Waals surface area (Å²) in [5.41, 5.74) is 4.91. The van der Waals surface area contributed by atoms with Gasteiger partial charge in [-0.05, 0) is 0 Å². The maximum Gasteiger partial charge on any atom is 0.307 e. The molecule has 0 aliphatic rings. The van der Waals surface area contributed by atoms with E-state index in [0.29, 0.717) is 6.54 Å². The number of rotatable bonds is 2. The van der Waals surface area contributed by atoms with Crippen LogP contribution in [0.2, 0.25) is 0 Å². The summed E-state index contributed by atoms with van der Waals surface area (Å²) >= 11 is 0.